The molecule has 0 radical (unpaired) electrons. The lowest BCUT2D eigenvalue weighted by Crippen LogP contribution is -1.94. The van der Waals surface area contributed by atoms with E-state index in [9.17, 15) is 0 Å². The van der Waals surface area contributed by atoms with E-state index in [0.717, 1.165) is 25.0 Å². The van der Waals surface area contributed by atoms with Crippen LogP contribution in [0.15, 0.2) is 12.3 Å². The molecule has 0 atom stereocenters. The van der Waals surface area contributed by atoms with Gasteiger partial charge >= 0.3 is 0 Å². The Labute approximate surface area is 77.8 Å². The van der Waals surface area contributed by atoms with E-state index in [2.05, 4.69) is 11.9 Å². The van der Waals surface area contributed by atoms with Crippen LogP contribution >= 0.6 is 11.6 Å². The summed E-state index contributed by atoms with van der Waals surface area (Å²) < 4.78 is 0. The number of hydrogen-bond donors (Lipinski definition) is 1. The van der Waals surface area contributed by atoms with Crippen molar-refractivity contribution >= 4 is 17.3 Å². The van der Waals surface area contributed by atoms with Crippen molar-refractivity contribution in [3.05, 3.63) is 23.0 Å². The largest absolute Gasteiger partial charge is 0.397 e. The average Bonchev–Trinajstić information content (AvgIpc) is 2.03. The fraction of sp³-hybridized carbons (Fsp3) is 0.444. The molecule has 1 rings (SSSR count). The lowest BCUT2D eigenvalue weighted by molar-refractivity contribution is 0.777. The lowest BCUT2D eigenvalue weighted by Gasteiger charge is -2.02. The summed E-state index contributed by atoms with van der Waals surface area (Å²) in [6.45, 7) is 2.14. The number of anilines is 1. The first kappa shape index (κ1) is 9.33. The molecular formula is C9H13ClN2. The number of hydrogen-bond acceptors (Lipinski definition) is 2. The Morgan fingerprint density at radius 2 is 2.33 bits per heavy atom. The van der Waals surface area contributed by atoms with Gasteiger partial charge in [-0.25, -0.2) is 0 Å². The van der Waals surface area contributed by atoms with Gasteiger partial charge in [0, 0.05) is 0 Å². The highest BCUT2D eigenvalue weighted by Crippen LogP contribution is 2.17. The summed E-state index contributed by atoms with van der Waals surface area (Å²) in [6, 6.07) is 1.75. The normalized spacial score (nSPS) is 10.2. The van der Waals surface area contributed by atoms with Crippen LogP contribution in [0.3, 0.4) is 0 Å². The minimum Gasteiger partial charge on any atom is -0.397 e. The predicted molar refractivity (Wildman–Crippen MR) is 52.3 cm³/mol. The van der Waals surface area contributed by atoms with E-state index in [1.165, 1.54) is 0 Å². The van der Waals surface area contributed by atoms with Crippen LogP contribution in [-0.2, 0) is 6.42 Å². The summed E-state index contributed by atoms with van der Waals surface area (Å²) in [6.07, 6.45) is 4.87. The van der Waals surface area contributed by atoms with Crippen molar-refractivity contribution < 1.29 is 0 Å². The SMILES string of the molecule is CCCCc1ncc(N)cc1Cl. The molecular weight excluding hydrogens is 172 g/mol. The van der Waals surface area contributed by atoms with Crippen LogP contribution in [0, 0.1) is 0 Å². The van der Waals surface area contributed by atoms with Gasteiger partial charge in [0.1, 0.15) is 0 Å². The number of pyridine rings is 1. The summed E-state index contributed by atoms with van der Waals surface area (Å²) >= 11 is 5.92. The van der Waals surface area contributed by atoms with Crippen LogP contribution in [0.5, 0.6) is 0 Å². The van der Waals surface area contributed by atoms with Gasteiger partial charge in [0.25, 0.3) is 0 Å². The molecule has 0 spiro atoms. The summed E-state index contributed by atoms with van der Waals surface area (Å²) in [5.41, 5.74) is 7.09. The van der Waals surface area contributed by atoms with Crippen molar-refractivity contribution in [2.24, 2.45) is 0 Å². The molecule has 0 aromatic carbocycles. The Balaban J connectivity index is 2.72. The van der Waals surface area contributed by atoms with Gasteiger partial charge in [0.2, 0.25) is 0 Å². The standard InChI is InChI=1S/C9H13ClN2/c1-2-3-4-9-8(10)5-7(11)6-12-9/h5-6H,2-4,11H2,1H3. The molecule has 0 aliphatic carbocycles. The number of unbranched alkanes of at least 4 members (excludes halogenated alkanes) is 1. The molecule has 0 amide bonds. The third kappa shape index (κ3) is 2.38. The molecule has 1 aromatic rings. The molecule has 1 aromatic heterocycles. The van der Waals surface area contributed by atoms with E-state index in [0.29, 0.717) is 10.7 Å². The Kier molecular flexibility index (Phi) is 3.35. The van der Waals surface area contributed by atoms with E-state index in [1.807, 2.05) is 0 Å². The van der Waals surface area contributed by atoms with Crippen LogP contribution in [0.4, 0.5) is 5.69 Å². The summed E-state index contributed by atoms with van der Waals surface area (Å²) in [7, 11) is 0. The zero-order valence-corrected chi connectivity index (χ0v) is 7.93. The predicted octanol–water partition coefficient (Wildman–Crippen LogP) is 2.66. The Morgan fingerprint density at radius 1 is 1.58 bits per heavy atom. The zero-order chi connectivity index (χ0) is 8.97. The lowest BCUT2D eigenvalue weighted by atomic mass is 10.2. The van der Waals surface area contributed by atoms with E-state index >= 15 is 0 Å². The van der Waals surface area contributed by atoms with Crippen molar-refractivity contribution in [1.82, 2.24) is 4.98 Å². The van der Waals surface area contributed by atoms with Gasteiger partial charge in [-0.3, -0.25) is 4.98 Å². The first-order valence-corrected chi connectivity index (χ1v) is 4.51. The van der Waals surface area contributed by atoms with Gasteiger partial charge < -0.3 is 5.73 Å². The van der Waals surface area contributed by atoms with Crippen molar-refractivity contribution in [1.29, 1.82) is 0 Å². The van der Waals surface area contributed by atoms with E-state index < -0.39 is 0 Å². The van der Waals surface area contributed by atoms with Crippen molar-refractivity contribution in [3.63, 3.8) is 0 Å². The van der Waals surface area contributed by atoms with E-state index in [-0.39, 0.29) is 0 Å². The van der Waals surface area contributed by atoms with Crippen molar-refractivity contribution in [3.8, 4) is 0 Å². The average molecular weight is 185 g/mol. The fourth-order valence-electron chi connectivity index (χ4n) is 1.01. The highest BCUT2D eigenvalue weighted by Gasteiger charge is 2.00. The van der Waals surface area contributed by atoms with Gasteiger partial charge in [0.15, 0.2) is 0 Å². The minimum atomic E-state index is 0.625. The van der Waals surface area contributed by atoms with Gasteiger partial charge in [-0.1, -0.05) is 24.9 Å². The molecule has 2 N–H and O–H groups in total. The minimum absolute atomic E-state index is 0.625. The smallest absolute Gasteiger partial charge is 0.0641 e. The van der Waals surface area contributed by atoms with Crippen molar-refractivity contribution in [2.45, 2.75) is 26.2 Å². The molecule has 0 fully saturated rings. The maximum Gasteiger partial charge on any atom is 0.0641 e. The third-order valence-electron chi connectivity index (χ3n) is 1.71. The number of nitrogens with zero attached hydrogens (tertiary/aromatic N) is 1. The summed E-state index contributed by atoms with van der Waals surface area (Å²) in [5.74, 6) is 0. The first-order chi connectivity index (χ1) is 5.74. The summed E-state index contributed by atoms with van der Waals surface area (Å²) in [5, 5.41) is 0.684. The first-order valence-electron chi connectivity index (χ1n) is 4.14. The van der Waals surface area contributed by atoms with Crippen LogP contribution < -0.4 is 5.73 Å². The monoisotopic (exact) mass is 184 g/mol. The Bertz CT molecular complexity index is 261. The molecule has 0 saturated heterocycles. The van der Waals surface area contributed by atoms with Gasteiger partial charge in [-0.2, -0.15) is 0 Å². The number of nitrogens with two attached hydrogens (primary N) is 1. The van der Waals surface area contributed by atoms with Gasteiger partial charge in [-0.05, 0) is 18.9 Å². The quantitative estimate of drug-likeness (QED) is 0.785. The number of rotatable bonds is 3. The third-order valence-corrected chi connectivity index (χ3v) is 2.03. The second-order valence-electron chi connectivity index (χ2n) is 2.80. The van der Waals surface area contributed by atoms with Crippen LogP contribution in [0.2, 0.25) is 5.02 Å². The molecule has 1 heterocycles. The van der Waals surface area contributed by atoms with Crippen LogP contribution in [-0.4, -0.2) is 4.98 Å². The number of aryl methyl sites for hydroxylation is 1. The molecule has 0 aliphatic heterocycles. The topological polar surface area (TPSA) is 38.9 Å². The molecule has 12 heavy (non-hydrogen) atoms. The van der Waals surface area contributed by atoms with Gasteiger partial charge in [-0.15, -0.1) is 0 Å². The molecule has 0 unspecified atom stereocenters. The Morgan fingerprint density at radius 3 is 2.92 bits per heavy atom. The summed E-state index contributed by atoms with van der Waals surface area (Å²) in [4.78, 5) is 4.16. The maximum atomic E-state index is 5.92. The molecule has 66 valence electrons. The molecule has 0 bridgehead atoms. The van der Waals surface area contributed by atoms with Gasteiger partial charge in [0.05, 0.1) is 22.6 Å². The van der Waals surface area contributed by atoms with Crippen LogP contribution in [0.25, 0.3) is 0 Å². The van der Waals surface area contributed by atoms with E-state index in [1.54, 1.807) is 12.3 Å². The molecule has 2 nitrogen and oxygen atoms in total. The second-order valence-corrected chi connectivity index (χ2v) is 3.21. The second kappa shape index (κ2) is 4.31. The van der Waals surface area contributed by atoms with Crippen LogP contribution in [0.1, 0.15) is 25.5 Å². The highest BCUT2D eigenvalue weighted by atomic mass is 35.5. The number of nitrogen functional groups attached to an aromatic ring is 1. The zero-order valence-electron chi connectivity index (χ0n) is 7.18. The number of aromatic nitrogens is 1. The highest BCUT2D eigenvalue weighted by molar-refractivity contribution is 6.31. The van der Waals surface area contributed by atoms with Crippen molar-refractivity contribution in [2.75, 3.05) is 5.73 Å². The molecule has 0 aliphatic rings. The molecule has 0 saturated carbocycles. The Hall–Kier alpha value is -0.760. The maximum absolute atomic E-state index is 5.92. The fourth-order valence-corrected chi connectivity index (χ4v) is 1.28. The molecule has 3 heteroatoms. The number of halogens is 1. The van der Waals surface area contributed by atoms with E-state index in [4.69, 9.17) is 17.3 Å².